The minimum atomic E-state index is -0.353. The number of nitrogens with one attached hydrogen (secondary N) is 2. The smallest absolute Gasteiger partial charge is 0.271 e. The summed E-state index contributed by atoms with van der Waals surface area (Å²) >= 11 is 1.46. The number of amides is 1. The predicted octanol–water partition coefficient (Wildman–Crippen LogP) is 0.892. The number of hydrogen-bond acceptors (Lipinski definition) is 8. The van der Waals surface area contributed by atoms with E-state index in [-0.39, 0.29) is 23.2 Å². The minimum Gasteiger partial charge on any atom is -0.367 e. The predicted molar refractivity (Wildman–Crippen MR) is 108 cm³/mol. The van der Waals surface area contributed by atoms with Gasteiger partial charge in [-0.3, -0.25) is 9.59 Å². The monoisotopic (exact) mass is 402 g/mol. The number of anilines is 1. The van der Waals surface area contributed by atoms with Crippen LogP contribution in [0.1, 0.15) is 24.3 Å². The van der Waals surface area contributed by atoms with E-state index in [2.05, 4.69) is 30.8 Å². The Labute approximate surface area is 165 Å². The molecule has 11 heteroatoms. The van der Waals surface area contributed by atoms with Gasteiger partial charge in [-0.05, 0) is 26.2 Å². The molecule has 0 aromatic carbocycles. The van der Waals surface area contributed by atoms with Crippen molar-refractivity contribution >= 4 is 34.5 Å². The zero-order chi connectivity index (χ0) is 20.3. The first-order valence-electron chi connectivity index (χ1n) is 8.75. The zero-order valence-electron chi connectivity index (χ0n) is 16.1. The molecule has 0 radical (unpaired) electrons. The Morgan fingerprint density at radius 3 is 2.75 bits per heavy atom. The summed E-state index contributed by atoms with van der Waals surface area (Å²) < 4.78 is 2.86. The van der Waals surface area contributed by atoms with Crippen LogP contribution in [0.15, 0.2) is 28.3 Å². The van der Waals surface area contributed by atoms with Crippen molar-refractivity contribution in [3.8, 4) is 0 Å². The zero-order valence-corrected chi connectivity index (χ0v) is 16.9. The number of aryl methyl sites for hydroxylation is 1. The third kappa shape index (κ3) is 4.30. The van der Waals surface area contributed by atoms with Gasteiger partial charge < -0.3 is 10.6 Å². The van der Waals surface area contributed by atoms with Gasteiger partial charge in [0.15, 0.2) is 10.8 Å². The van der Waals surface area contributed by atoms with Crippen molar-refractivity contribution < 1.29 is 4.79 Å². The second kappa shape index (κ2) is 8.38. The third-order valence-electron chi connectivity index (χ3n) is 3.89. The molecular formula is C17H22N8O2S. The van der Waals surface area contributed by atoms with E-state index in [0.29, 0.717) is 23.9 Å². The van der Waals surface area contributed by atoms with Crippen LogP contribution in [0.4, 0.5) is 5.82 Å². The topological polar surface area (TPSA) is 120 Å². The molecule has 3 rings (SSSR count). The molecule has 0 atom stereocenters. The molecule has 3 aromatic heterocycles. The van der Waals surface area contributed by atoms with Gasteiger partial charge in [-0.25, -0.2) is 19.3 Å². The summed E-state index contributed by atoms with van der Waals surface area (Å²) in [5, 5.41) is 15.9. The van der Waals surface area contributed by atoms with Gasteiger partial charge in [0.25, 0.3) is 11.5 Å². The standard InChI is InChI=1S/C17H22N8O2S/c1-10(2)20-14-11-9-19-25(15(11)22-17(21-14)28-4)8-7-18-16(27)12-5-6-13(26)24(3)23-12/h5-6,9-10H,7-8H2,1-4H3,(H,18,27)(H,20,21,22). The summed E-state index contributed by atoms with van der Waals surface area (Å²) in [5.74, 6) is 0.391. The van der Waals surface area contributed by atoms with Crippen molar-refractivity contribution in [2.45, 2.75) is 31.6 Å². The average Bonchev–Trinajstić information content (AvgIpc) is 3.06. The summed E-state index contributed by atoms with van der Waals surface area (Å²) in [6.07, 6.45) is 3.64. The van der Waals surface area contributed by atoms with Gasteiger partial charge in [-0.15, -0.1) is 0 Å². The molecule has 148 valence electrons. The fraction of sp³-hybridized carbons (Fsp3) is 0.412. The van der Waals surface area contributed by atoms with Crippen molar-refractivity contribution in [2.24, 2.45) is 7.05 Å². The lowest BCUT2D eigenvalue weighted by molar-refractivity contribution is 0.0944. The van der Waals surface area contributed by atoms with Crippen LogP contribution in [-0.2, 0) is 13.6 Å². The molecule has 3 aromatic rings. The number of rotatable bonds is 7. The van der Waals surface area contributed by atoms with E-state index in [1.807, 2.05) is 20.1 Å². The van der Waals surface area contributed by atoms with Crippen LogP contribution in [0.3, 0.4) is 0 Å². The lowest BCUT2D eigenvalue weighted by Gasteiger charge is -2.11. The fourth-order valence-electron chi connectivity index (χ4n) is 2.56. The van der Waals surface area contributed by atoms with Crippen molar-refractivity contribution in [2.75, 3.05) is 18.1 Å². The lowest BCUT2D eigenvalue weighted by atomic mass is 10.3. The molecule has 0 aliphatic rings. The van der Waals surface area contributed by atoms with Gasteiger partial charge in [0, 0.05) is 25.7 Å². The maximum absolute atomic E-state index is 12.2. The van der Waals surface area contributed by atoms with Crippen LogP contribution in [0.2, 0.25) is 0 Å². The Morgan fingerprint density at radius 2 is 2.07 bits per heavy atom. The normalized spacial score (nSPS) is 11.2. The van der Waals surface area contributed by atoms with Gasteiger partial charge in [0.2, 0.25) is 0 Å². The number of nitrogens with zero attached hydrogens (tertiary/aromatic N) is 6. The highest BCUT2D eigenvalue weighted by atomic mass is 32.2. The van der Waals surface area contributed by atoms with E-state index in [1.165, 1.54) is 30.9 Å². The first-order valence-corrected chi connectivity index (χ1v) is 9.98. The van der Waals surface area contributed by atoms with Crippen molar-refractivity contribution in [1.82, 2.24) is 34.8 Å². The van der Waals surface area contributed by atoms with Gasteiger partial charge in [-0.1, -0.05) is 11.8 Å². The van der Waals surface area contributed by atoms with Gasteiger partial charge in [0.1, 0.15) is 11.5 Å². The highest BCUT2D eigenvalue weighted by molar-refractivity contribution is 7.98. The van der Waals surface area contributed by atoms with E-state index >= 15 is 0 Å². The van der Waals surface area contributed by atoms with Crippen molar-refractivity contribution in [3.05, 3.63) is 34.4 Å². The molecule has 0 bridgehead atoms. The van der Waals surface area contributed by atoms with E-state index in [1.54, 1.807) is 10.9 Å². The van der Waals surface area contributed by atoms with Gasteiger partial charge in [-0.2, -0.15) is 10.2 Å². The van der Waals surface area contributed by atoms with Gasteiger partial charge in [0.05, 0.1) is 18.1 Å². The maximum atomic E-state index is 12.2. The summed E-state index contributed by atoms with van der Waals surface area (Å²) in [5.41, 5.74) is 0.620. The molecular weight excluding hydrogens is 380 g/mol. The van der Waals surface area contributed by atoms with E-state index < -0.39 is 0 Å². The summed E-state index contributed by atoms with van der Waals surface area (Å²) in [6, 6.07) is 2.94. The van der Waals surface area contributed by atoms with Crippen LogP contribution in [0, 0.1) is 0 Å². The molecule has 0 saturated heterocycles. The first-order chi connectivity index (χ1) is 13.4. The maximum Gasteiger partial charge on any atom is 0.271 e. The molecule has 0 aliphatic carbocycles. The number of carbonyl (C=O) groups excluding carboxylic acids is 1. The second-order valence-corrected chi connectivity index (χ2v) is 7.17. The van der Waals surface area contributed by atoms with E-state index in [9.17, 15) is 9.59 Å². The Bertz CT molecular complexity index is 1060. The molecule has 2 N–H and O–H groups in total. The van der Waals surface area contributed by atoms with Crippen LogP contribution < -0.4 is 16.2 Å². The molecule has 28 heavy (non-hydrogen) atoms. The number of hydrogen-bond donors (Lipinski definition) is 2. The Kier molecular flexibility index (Phi) is 5.93. The number of fused-ring (bicyclic) bond motifs is 1. The van der Waals surface area contributed by atoms with Crippen LogP contribution in [-0.4, -0.2) is 54.3 Å². The van der Waals surface area contributed by atoms with E-state index in [0.717, 1.165) is 15.9 Å². The van der Waals surface area contributed by atoms with Gasteiger partial charge >= 0.3 is 0 Å². The molecule has 0 spiro atoms. The highest BCUT2D eigenvalue weighted by Crippen LogP contribution is 2.23. The largest absolute Gasteiger partial charge is 0.367 e. The Balaban J connectivity index is 1.74. The molecule has 0 saturated carbocycles. The quantitative estimate of drug-likeness (QED) is 0.442. The lowest BCUT2D eigenvalue weighted by Crippen LogP contribution is -2.30. The number of carbonyl (C=O) groups is 1. The SMILES string of the molecule is CSc1nc(NC(C)C)c2cnn(CCNC(=O)c3ccc(=O)n(C)n3)c2n1. The Hall–Kier alpha value is -2.95. The summed E-state index contributed by atoms with van der Waals surface area (Å²) in [6.45, 7) is 4.86. The molecule has 0 fully saturated rings. The first kappa shape index (κ1) is 19.8. The second-order valence-electron chi connectivity index (χ2n) is 6.40. The molecule has 0 aliphatic heterocycles. The molecule has 3 heterocycles. The summed E-state index contributed by atoms with van der Waals surface area (Å²) in [4.78, 5) is 32.7. The summed E-state index contributed by atoms with van der Waals surface area (Å²) in [7, 11) is 1.50. The van der Waals surface area contributed by atoms with Crippen LogP contribution >= 0.6 is 11.8 Å². The van der Waals surface area contributed by atoms with Crippen molar-refractivity contribution in [1.29, 1.82) is 0 Å². The van der Waals surface area contributed by atoms with Crippen LogP contribution in [0.25, 0.3) is 11.0 Å². The minimum absolute atomic E-state index is 0.183. The molecule has 1 amide bonds. The van der Waals surface area contributed by atoms with E-state index in [4.69, 9.17) is 0 Å². The fourth-order valence-corrected chi connectivity index (χ4v) is 2.92. The number of aromatic nitrogens is 6. The number of thioether (sulfide) groups is 1. The average molecular weight is 402 g/mol. The molecule has 0 unspecified atom stereocenters. The highest BCUT2D eigenvalue weighted by Gasteiger charge is 2.14. The third-order valence-corrected chi connectivity index (χ3v) is 4.43. The van der Waals surface area contributed by atoms with Crippen molar-refractivity contribution in [3.63, 3.8) is 0 Å². The Morgan fingerprint density at radius 1 is 1.29 bits per heavy atom. The molecule has 10 nitrogen and oxygen atoms in total. The van der Waals surface area contributed by atoms with Crippen LogP contribution in [0.5, 0.6) is 0 Å².